The van der Waals surface area contributed by atoms with E-state index >= 15 is 0 Å². The number of nitrogens with zero attached hydrogens (tertiary/aromatic N) is 1. The normalized spacial score (nSPS) is 10.6. The van der Waals surface area contributed by atoms with Gasteiger partial charge in [-0.3, -0.25) is 0 Å². The molecule has 96 valence electrons. The van der Waals surface area contributed by atoms with Gasteiger partial charge in [-0.15, -0.1) is 11.3 Å². The Morgan fingerprint density at radius 3 is 2.89 bits per heavy atom. The average Bonchev–Trinajstić information content (AvgIpc) is 2.74. The molecule has 0 radical (unpaired) electrons. The van der Waals surface area contributed by atoms with Gasteiger partial charge in [-0.2, -0.15) is 0 Å². The molecule has 0 aliphatic heterocycles. The number of halogens is 1. The molecule has 1 heterocycles. The summed E-state index contributed by atoms with van der Waals surface area (Å²) in [7, 11) is 1.83. The molecule has 3 nitrogen and oxygen atoms in total. The zero-order valence-electron chi connectivity index (χ0n) is 10.4. The van der Waals surface area contributed by atoms with Crippen LogP contribution < -0.4 is 10.1 Å². The molecule has 0 unspecified atom stereocenters. The Morgan fingerprint density at radius 1 is 1.44 bits per heavy atom. The van der Waals surface area contributed by atoms with E-state index in [0.29, 0.717) is 13.2 Å². The van der Waals surface area contributed by atoms with E-state index in [-0.39, 0.29) is 11.6 Å². The molecule has 2 aromatic rings. The number of ether oxygens (including phenoxy) is 1. The Hall–Kier alpha value is -1.46. The lowest BCUT2D eigenvalue weighted by atomic mass is 10.2. The summed E-state index contributed by atoms with van der Waals surface area (Å²) in [6.45, 7) is 2.87. The summed E-state index contributed by atoms with van der Waals surface area (Å²) < 4.78 is 19.1. The van der Waals surface area contributed by atoms with Crippen LogP contribution in [0.4, 0.5) is 4.39 Å². The largest absolute Gasteiger partial charge is 0.483 e. The molecule has 2 rings (SSSR count). The molecule has 0 atom stereocenters. The Bertz CT molecular complexity index is 527. The maximum Gasteiger partial charge on any atom is 0.165 e. The van der Waals surface area contributed by atoms with Crippen LogP contribution in [-0.2, 0) is 13.2 Å². The number of aryl methyl sites for hydroxylation is 1. The first-order valence-electron chi connectivity index (χ1n) is 5.66. The summed E-state index contributed by atoms with van der Waals surface area (Å²) in [4.78, 5) is 4.26. The van der Waals surface area contributed by atoms with Gasteiger partial charge < -0.3 is 10.1 Å². The van der Waals surface area contributed by atoms with E-state index in [9.17, 15) is 4.39 Å². The molecular weight excluding hydrogens is 251 g/mol. The van der Waals surface area contributed by atoms with Crippen LogP contribution in [0.25, 0.3) is 0 Å². The minimum Gasteiger partial charge on any atom is -0.483 e. The Labute approximate surface area is 110 Å². The number of rotatable bonds is 5. The number of nitrogens with one attached hydrogen (secondary N) is 1. The smallest absolute Gasteiger partial charge is 0.165 e. The lowest BCUT2D eigenvalue weighted by molar-refractivity contribution is 0.289. The fraction of sp³-hybridized carbons (Fsp3) is 0.308. The highest BCUT2D eigenvalue weighted by Crippen LogP contribution is 2.20. The SMILES string of the molecule is CNCc1ccc(OCc2nc(C)cs2)c(F)c1. The van der Waals surface area contributed by atoms with Crippen LogP contribution in [0.5, 0.6) is 5.75 Å². The van der Waals surface area contributed by atoms with E-state index in [0.717, 1.165) is 16.3 Å². The summed E-state index contributed by atoms with van der Waals surface area (Å²) in [6, 6.07) is 4.99. The molecule has 1 aromatic heterocycles. The minimum atomic E-state index is -0.337. The van der Waals surface area contributed by atoms with Crippen LogP contribution in [0.3, 0.4) is 0 Å². The Balaban J connectivity index is 2.01. The first-order valence-corrected chi connectivity index (χ1v) is 6.54. The number of aromatic nitrogens is 1. The van der Waals surface area contributed by atoms with E-state index < -0.39 is 0 Å². The second-order valence-electron chi connectivity index (χ2n) is 3.97. The van der Waals surface area contributed by atoms with Gasteiger partial charge in [0.15, 0.2) is 11.6 Å². The van der Waals surface area contributed by atoms with Gasteiger partial charge in [0.2, 0.25) is 0 Å². The topological polar surface area (TPSA) is 34.1 Å². The molecule has 1 N–H and O–H groups in total. The lowest BCUT2D eigenvalue weighted by Crippen LogP contribution is -2.05. The van der Waals surface area contributed by atoms with Crippen LogP contribution >= 0.6 is 11.3 Å². The van der Waals surface area contributed by atoms with Crippen molar-refractivity contribution >= 4 is 11.3 Å². The van der Waals surface area contributed by atoms with Crippen LogP contribution in [0.15, 0.2) is 23.6 Å². The number of thiazole rings is 1. The van der Waals surface area contributed by atoms with Crippen molar-refractivity contribution in [3.05, 3.63) is 45.7 Å². The highest BCUT2D eigenvalue weighted by Gasteiger charge is 2.06. The zero-order valence-corrected chi connectivity index (χ0v) is 11.2. The summed E-state index contributed by atoms with van der Waals surface area (Å²) in [5, 5.41) is 5.78. The van der Waals surface area contributed by atoms with Crippen molar-refractivity contribution in [3.63, 3.8) is 0 Å². The monoisotopic (exact) mass is 266 g/mol. The van der Waals surface area contributed by atoms with Crippen molar-refractivity contribution in [2.45, 2.75) is 20.1 Å². The molecule has 0 bridgehead atoms. The zero-order chi connectivity index (χ0) is 13.0. The number of benzene rings is 1. The van der Waals surface area contributed by atoms with Crippen LogP contribution in [-0.4, -0.2) is 12.0 Å². The van der Waals surface area contributed by atoms with Gasteiger partial charge >= 0.3 is 0 Å². The van der Waals surface area contributed by atoms with Crippen LogP contribution in [0.2, 0.25) is 0 Å². The quantitative estimate of drug-likeness (QED) is 0.903. The lowest BCUT2D eigenvalue weighted by Gasteiger charge is -2.07. The molecular formula is C13H15FN2OS. The molecule has 0 spiro atoms. The van der Waals surface area contributed by atoms with Gasteiger partial charge in [-0.05, 0) is 31.7 Å². The van der Waals surface area contributed by atoms with Crippen LogP contribution in [0.1, 0.15) is 16.3 Å². The molecule has 0 aliphatic carbocycles. The highest BCUT2D eigenvalue weighted by atomic mass is 32.1. The van der Waals surface area contributed by atoms with Crippen molar-refractivity contribution in [1.82, 2.24) is 10.3 Å². The van der Waals surface area contributed by atoms with Gasteiger partial charge in [0.05, 0.1) is 0 Å². The van der Waals surface area contributed by atoms with Gasteiger partial charge in [-0.25, -0.2) is 9.37 Å². The molecule has 0 amide bonds. The number of hydrogen-bond donors (Lipinski definition) is 1. The summed E-state index contributed by atoms with van der Waals surface area (Å²) in [5.41, 5.74) is 1.86. The average molecular weight is 266 g/mol. The van der Waals surface area contributed by atoms with E-state index in [1.807, 2.05) is 25.4 Å². The predicted octanol–water partition coefficient (Wildman–Crippen LogP) is 2.89. The van der Waals surface area contributed by atoms with Crippen LogP contribution in [0, 0.1) is 12.7 Å². The standard InChI is InChI=1S/C13H15FN2OS/c1-9-8-18-13(16-9)7-17-12-4-3-10(6-15-2)5-11(12)14/h3-5,8,15H,6-7H2,1-2H3. The third kappa shape index (κ3) is 3.27. The highest BCUT2D eigenvalue weighted by molar-refractivity contribution is 7.09. The predicted molar refractivity (Wildman–Crippen MR) is 70.3 cm³/mol. The molecule has 5 heteroatoms. The second kappa shape index (κ2) is 5.93. The summed E-state index contributed by atoms with van der Waals surface area (Å²) in [5.74, 6) is -0.0706. The van der Waals surface area contributed by atoms with Crippen molar-refractivity contribution in [1.29, 1.82) is 0 Å². The third-order valence-corrected chi connectivity index (χ3v) is 3.34. The van der Waals surface area contributed by atoms with Crippen molar-refractivity contribution in [2.24, 2.45) is 0 Å². The molecule has 0 aliphatic rings. The Morgan fingerprint density at radius 2 is 2.28 bits per heavy atom. The minimum absolute atomic E-state index is 0.266. The van der Waals surface area contributed by atoms with Gasteiger partial charge in [-0.1, -0.05) is 6.07 Å². The van der Waals surface area contributed by atoms with E-state index in [4.69, 9.17) is 4.74 Å². The first kappa shape index (κ1) is 13.0. The van der Waals surface area contributed by atoms with Crippen molar-refractivity contribution < 1.29 is 9.13 Å². The molecule has 1 aromatic carbocycles. The van der Waals surface area contributed by atoms with E-state index in [1.54, 1.807) is 6.07 Å². The van der Waals surface area contributed by atoms with Gasteiger partial charge in [0.25, 0.3) is 0 Å². The molecule has 0 saturated heterocycles. The third-order valence-electron chi connectivity index (χ3n) is 2.39. The van der Waals surface area contributed by atoms with E-state index in [2.05, 4.69) is 10.3 Å². The maximum absolute atomic E-state index is 13.7. The fourth-order valence-electron chi connectivity index (χ4n) is 1.58. The van der Waals surface area contributed by atoms with Crippen molar-refractivity contribution in [3.8, 4) is 5.75 Å². The van der Waals surface area contributed by atoms with Crippen molar-refractivity contribution in [2.75, 3.05) is 7.05 Å². The summed E-state index contributed by atoms with van der Waals surface area (Å²) >= 11 is 1.52. The molecule has 0 saturated carbocycles. The maximum atomic E-state index is 13.7. The second-order valence-corrected chi connectivity index (χ2v) is 4.91. The molecule has 18 heavy (non-hydrogen) atoms. The number of hydrogen-bond acceptors (Lipinski definition) is 4. The van der Waals surface area contributed by atoms with E-state index in [1.165, 1.54) is 17.4 Å². The first-order chi connectivity index (χ1) is 8.69. The van der Waals surface area contributed by atoms with Gasteiger partial charge in [0.1, 0.15) is 11.6 Å². The molecule has 0 fully saturated rings. The fourth-order valence-corrected chi connectivity index (χ4v) is 2.27. The summed E-state index contributed by atoms with van der Waals surface area (Å²) in [6.07, 6.45) is 0. The van der Waals surface area contributed by atoms with Gasteiger partial charge in [0, 0.05) is 17.6 Å². The Kier molecular flexibility index (Phi) is 4.28.